The van der Waals surface area contributed by atoms with E-state index in [2.05, 4.69) is 10.0 Å². The average molecular weight is 407 g/mol. The molecule has 2 aromatic rings. The van der Waals surface area contributed by atoms with Gasteiger partial charge in [-0.25, -0.2) is 13.1 Å². The highest BCUT2D eigenvalue weighted by molar-refractivity contribution is 7.89. The predicted octanol–water partition coefficient (Wildman–Crippen LogP) is 2.58. The summed E-state index contributed by atoms with van der Waals surface area (Å²) in [5.41, 5.74) is -0.214. The quantitative estimate of drug-likeness (QED) is 0.657. The monoisotopic (exact) mass is 406 g/mol. The maximum absolute atomic E-state index is 12.3. The summed E-state index contributed by atoms with van der Waals surface area (Å²) in [6, 6.07) is 13.0. The van der Waals surface area contributed by atoms with Crippen LogP contribution in [0.3, 0.4) is 0 Å². The second-order valence-corrected chi connectivity index (χ2v) is 8.85. The highest BCUT2D eigenvalue weighted by Crippen LogP contribution is 2.18. The summed E-state index contributed by atoms with van der Waals surface area (Å²) in [5, 5.41) is 2.73. The molecular weight excluding hydrogens is 380 g/mol. The van der Waals surface area contributed by atoms with Crippen LogP contribution < -0.4 is 19.5 Å². The first-order valence-electron chi connectivity index (χ1n) is 8.80. The molecule has 0 aliphatic heterocycles. The van der Waals surface area contributed by atoms with Crippen molar-refractivity contribution in [2.75, 3.05) is 20.3 Å². The van der Waals surface area contributed by atoms with E-state index in [1.807, 2.05) is 12.1 Å². The Labute approximate surface area is 166 Å². The molecule has 1 amide bonds. The van der Waals surface area contributed by atoms with Crippen LogP contribution in [-0.2, 0) is 10.0 Å². The molecule has 0 atom stereocenters. The summed E-state index contributed by atoms with van der Waals surface area (Å²) in [6.45, 7) is 5.89. The average Bonchev–Trinajstić information content (AvgIpc) is 2.63. The molecule has 0 heterocycles. The molecule has 0 fully saturated rings. The first-order chi connectivity index (χ1) is 13.1. The molecule has 7 nitrogen and oxygen atoms in total. The van der Waals surface area contributed by atoms with E-state index in [-0.39, 0.29) is 10.8 Å². The van der Waals surface area contributed by atoms with E-state index < -0.39 is 15.6 Å². The lowest BCUT2D eigenvalue weighted by molar-refractivity contribution is 0.0947. The zero-order chi connectivity index (χ0) is 20.8. The first-order valence-corrected chi connectivity index (χ1v) is 10.3. The third-order valence-electron chi connectivity index (χ3n) is 3.56. The molecule has 28 heavy (non-hydrogen) atoms. The van der Waals surface area contributed by atoms with Crippen molar-refractivity contribution >= 4 is 15.9 Å². The third-order valence-corrected chi connectivity index (χ3v) is 5.34. The number of ether oxygens (including phenoxy) is 2. The van der Waals surface area contributed by atoms with Gasteiger partial charge in [0, 0.05) is 17.2 Å². The molecule has 0 aromatic heterocycles. The van der Waals surface area contributed by atoms with Crippen molar-refractivity contribution in [2.45, 2.75) is 31.2 Å². The molecule has 2 aromatic carbocycles. The van der Waals surface area contributed by atoms with Crippen LogP contribution in [0.5, 0.6) is 11.5 Å². The van der Waals surface area contributed by atoms with Crippen molar-refractivity contribution in [1.82, 2.24) is 10.0 Å². The van der Waals surface area contributed by atoms with Crippen molar-refractivity contribution in [2.24, 2.45) is 0 Å². The largest absolute Gasteiger partial charge is 0.497 e. The van der Waals surface area contributed by atoms with Gasteiger partial charge in [0.2, 0.25) is 10.0 Å². The molecule has 0 radical (unpaired) electrons. The van der Waals surface area contributed by atoms with Gasteiger partial charge in [0.25, 0.3) is 5.91 Å². The van der Waals surface area contributed by atoms with Crippen molar-refractivity contribution in [1.29, 1.82) is 0 Å². The number of hydrogen-bond acceptors (Lipinski definition) is 5. The predicted molar refractivity (Wildman–Crippen MR) is 107 cm³/mol. The number of carbonyl (C=O) groups is 1. The molecule has 0 spiro atoms. The van der Waals surface area contributed by atoms with E-state index in [9.17, 15) is 13.2 Å². The van der Waals surface area contributed by atoms with Gasteiger partial charge in [0.15, 0.2) is 0 Å². The zero-order valence-electron chi connectivity index (χ0n) is 16.5. The smallest absolute Gasteiger partial charge is 0.251 e. The van der Waals surface area contributed by atoms with E-state index >= 15 is 0 Å². The number of nitrogens with one attached hydrogen (secondary N) is 2. The molecule has 0 saturated heterocycles. The van der Waals surface area contributed by atoms with Gasteiger partial charge >= 0.3 is 0 Å². The fourth-order valence-corrected chi connectivity index (χ4v) is 3.79. The molecular formula is C20H26N2O5S. The van der Waals surface area contributed by atoms with Gasteiger partial charge in [-0.15, -0.1) is 0 Å². The Morgan fingerprint density at radius 3 is 2.29 bits per heavy atom. The number of carbonyl (C=O) groups excluding carboxylic acids is 1. The second-order valence-electron chi connectivity index (χ2n) is 7.16. The lowest BCUT2D eigenvalue weighted by Gasteiger charge is -2.20. The fourth-order valence-electron chi connectivity index (χ4n) is 2.37. The number of rotatable bonds is 8. The highest BCUT2D eigenvalue weighted by Gasteiger charge is 2.22. The standard InChI is InChI=1S/C20H26N2O5S/c1-20(2,3)22-28(24,25)18-10-8-15(9-11-18)19(23)21-12-13-27-17-7-5-6-16(14-17)26-4/h5-11,14,22H,12-13H2,1-4H3,(H,21,23). The van der Waals surface area contributed by atoms with Crippen LogP contribution in [0.25, 0.3) is 0 Å². The van der Waals surface area contributed by atoms with Gasteiger partial charge in [0.1, 0.15) is 18.1 Å². The van der Waals surface area contributed by atoms with Gasteiger partial charge in [-0.05, 0) is 57.2 Å². The Morgan fingerprint density at radius 2 is 1.68 bits per heavy atom. The van der Waals surface area contributed by atoms with Crippen LogP contribution in [0.4, 0.5) is 0 Å². The lowest BCUT2D eigenvalue weighted by atomic mass is 10.1. The SMILES string of the molecule is COc1cccc(OCCNC(=O)c2ccc(S(=O)(=O)NC(C)(C)C)cc2)c1. The molecule has 152 valence electrons. The Hall–Kier alpha value is -2.58. The Morgan fingerprint density at radius 1 is 1.04 bits per heavy atom. The summed E-state index contributed by atoms with van der Waals surface area (Å²) in [5.74, 6) is 1.04. The Bertz CT molecular complexity index is 903. The maximum Gasteiger partial charge on any atom is 0.251 e. The minimum Gasteiger partial charge on any atom is -0.497 e. The van der Waals surface area contributed by atoms with E-state index in [1.54, 1.807) is 40.0 Å². The van der Waals surface area contributed by atoms with Gasteiger partial charge in [0.05, 0.1) is 18.6 Å². The van der Waals surface area contributed by atoms with Crippen LogP contribution in [0.15, 0.2) is 53.4 Å². The summed E-state index contributed by atoms with van der Waals surface area (Å²) in [7, 11) is -2.05. The van der Waals surface area contributed by atoms with Gasteiger partial charge in [-0.2, -0.15) is 0 Å². The molecule has 8 heteroatoms. The Balaban J connectivity index is 1.87. The van der Waals surface area contributed by atoms with Crippen LogP contribution in [0.2, 0.25) is 0 Å². The third kappa shape index (κ3) is 6.54. The van der Waals surface area contributed by atoms with Crippen molar-refractivity contribution in [3.05, 3.63) is 54.1 Å². The van der Waals surface area contributed by atoms with Crippen molar-refractivity contribution in [3.8, 4) is 11.5 Å². The molecule has 0 aliphatic rings. The molecule has 0 aliphatic carbocycles. The van der Waals surface area contributed by atoms with Crippen molar-refractivity contribution in [3.63, 3.8) is 0 Å². The van der Waals surface area contributed by atoms with E-state index in [0.29, 0.717) is 30.2 Å². The summed E-state index contributed by atoms with van der Waals surface area (Å²) < 4.78 is 37.8. The van der Waals surface area contributed by atoms with Crippen LogP contribution in [0.1, 0.15) is 31.1 Å². The number of amides is 1. The fraction of sp³-hybridized carbons (Fsp3) is 0.350. The first kappa shape index (κ1) is 21.7. The zero-order valence-corrected chi connectivity index (χ0v) is 17.3. The van der Waals surface area contributed by atoms with Crippen LogP contribution in [-0.4, -0.2) is 40.1 Å². The van der Waals surface area contributed by atoms with Crippen molar-refractivity contribution < 1.29 is 22.7 Å². The van der Waals surface area contributed by atoms with Gasteiger partial charge in [-0.1, -0.05) is 6.07 Å². The number of sulfonamides is 1. The van der Waals surface area contributed by atoms with E-state index in [0.717, 1.165) is 0 Å². The summed E-state index contributed by atoms with van der Waals surface area (Å²) >= 11 is 0. The minimum absolute atomic E-state index is 0.111. The lowest BCUT2D eigenvalue weighted by Crippen LogP contribution is -2.40. The molecule has 0 unspecified atom stereocenters. The van der Waals surface area contributed by atoms with Crippen LogP contribution in [0, 0.1) is 0 Å². The number of hydrogen-bond donors (Lipinski definition) is 2. The molecule has 2 N–H and O–H groups in total. The topological polar surface area (TPSA) is 93.7 Å². The number of methoxy groups -OCH3 is 1. The minimum atomic E-state index is -3.63. The van der Waals surface area contributed by atoms with Crippen LogP contribution >= 0.6 is 0 Å². The summed E-state index contributed by atoms with van der Waals surface area (Å²) in [6.07, 6.45) is 0. The molecule has 2 rings (SSSR count). The van der Waals surface area contributed by atoms with E-state index in [1.165, 1.54) is 24.3 Å². The highest BCUT2D eigenvalue weighted by atomic mass is 32.2. The van der Waals surface area contributed by atoms with Gasteiger partial charge < -0.3 is 14.8 Å². The second kappa shape index (κ2) is 9.07. The van der Waals surface area contributed by atoms with Gasteiger partial charge in [-0.3, -0.25) is 4.79 Å². The van der Waals surface area contributed by atoms with E-state index in [4.69, 9.17) is 9.47 Å². The molecule has 0 bridgehead atoms. The summed E-state index contributed by atoms with van der Waals surface area (Å²) in [4.78, 5) is 12.3. The number of benzene rings is 2. The Kier molecular flexibility index (Phi) is 7.04. The normalized spacial score (nSPS) is 11.7. The molecule has 0 saturated carbocycles. The maximum atomic E-state index is 12.3.